The Labute approximate surface area is 90.6 Å². The maximum absolute atomic E-state index is 11.6. The van der Waals surface area contributed by atoms with Gasteiger partial charge in [-0.15, -0.1) is 6.42 Å². The Morgan fingerprint density at radius 1 is 1.33 bits per heavy atom. The molecule has 0 spiro atoms. The van der Waals surface area contributed by atoms with E-state index in [4.69, 9.17) is 6.42 Å². The van der Waals surface area contributed by atoms with Crippen molar-refractivity contribution in [1.29, 1.82) is 0 Å². The Kier molecular flexibility index (Phi) is 3.38. The Morgan fingerprint density at radius 3 is 2.47 bits per heavy atom. The van der Waals surface area contributed by atoms with Crippen molar-refractivity contribution in [3.8, 4) is 12.3 Å². The predicted octanol–water partition coefficient (Wildman–Crippen LogP) is 1.82. The lowest BCUT2D eigenvalue weighted by Crippen LogP contribution is -2.22. The van der Waals surface area contributed by atoms with Crippen LogP contribution in [0.4, 0.5) is 5.69 Å². The van der Waals surface area contributed by atoms with E-state index in [9.17, 15) is 8.42 Å². The minimum atomic E-state index is -3.33. The van der Waals surface area contributed by atoms with Gasteiger partial charge in [0.05, 0.1) is 10.9 Å². The second kappa shape index (κ2) is 4.37. The Bertz CT molecular complexity index is 484. The van der Waals surface area contributed by atoms with Crippen LogP contribution in [0.25, 0.3) is 0 Å². The second-order valence-corrected chi connectivity index (χ2v) is 5.62. The first-order valence-electron chi connectivity index (χ1n) is 4.54. The number of nitrogens with one attached hydrogen (secondary N) is 1. The van der Waals surface area contributed by atoms with Gasteiger partial charge in [0.15, 0.2) is 0 Å². The van der Waals surface area contributed by atoms with E-state index in [0.717, 1.165) is 0 Å². The number of sulfonamides is 1. The number of terminal acetylenes is 1. The van der Waals surface area contributed by atoms with Crippen LogP contribution >= 0.6 is 0 Å². The van der Waals surface area contributed by atoms with Gasteiger partial charge in [0.25, 0.3) is 0 Å². The molecule has 1 N–H and O–H groups in total. The SMILES string of the molecule is C#Cc1ccccc1NS(=O)(=O)C(C)C. The average Bonchev–Trinajstić information content (AvgIpc) is 2.18. The van der Waals surface area contributed by atoms with Crippen molar-refractivity contribution >= 4 is 15.7 Å². The summed E-state index contributed by atoms with van der Waals surface area (Å²) >= 11 is 0. The summed E-state index contributed by atoms with van der Waals surface area (Å²) in [4.78, 5) is 0. The molecule has 3 nitrogen and oxygen atoms in total. The molecule has 0 aliphatic rings. The van der Waals surface area contributed by atoms with Crippen molar-refractivity contribution in [3.05, 3.63) is 29.8 Å². The van der Waals surface area contributed by atoms with Crippen LogP contribution in [0.1, 0.15) is 19.4 Å². The molecule has 0 amide bonds. The van der Waals surface area contributed by atoms with E-state index in [0.29, 0.717) is 11.3 Å². The topological polar surface area (TPSA) is 46.2 Å². The highest BCUT2D eigenvalue weighted by molar-refractivity contribution is 7.93. The molecule has 1 aromatic rings. The molecule has 0 fully saturated rings. The van der Waals surface area contributed by atoms with Gasteiger partial charge in [0, 0.05) is 5.56 Å². The molecular weight excluding hydrogens is 210 g/mol. The first-order valence-corrected chi connectivity index (χ1v) is 6.09. The van der Waals surface area contributed by atoms with Crippen molar-refractivity contribution in [2.24, 2.45) is 0 Å². The lowest BCUT2D eigenvalue weighted by Gasteiger charge is -2.11. The Hall–Kier alpha value is -1.47. The van der Waals surface area contributed by atoms with Gasteiger partial charge in [-0.2, -0.15) is 0 Å². The van der Waals surface area contributed by atoms with Crippen LogP contribution in [0.3, 0.4) is 0 Å². The van der Waals surface area contributed by atoms with Gasteiger partial charge >= 0.3 is 0 Å². The van der Waals surface area contributed by atoms with E-state index in [2.05, 4.69) is 10.6 Å². The van der Waals surface area contributed by atoms with Crippen LogP contribution in [0.15, 0.2) is 24.3 Å². The lowest BCUT2D eigenvalue weighted by molar-refractivity contribution is 0.593. The highest BCUT2D eigenvalue weighted by atomic mass is 32.2. The zero-order chi connectivity index (χ0) is 11.5. The summed E-state index contributed by atoms with van der Waals surface area (Å²) in [5.41, 5.74) is 0.996. The molecular formula is C11H13NO2S. The van der Waals surface area contributed by atoms with Gasteiger partial charge < -0.3 is 0 Å². The lowest BCUT2D eigenvalue weighted by atomic mass is 10.2. The monoisotopic (exact) mass is 223 g/mol. The zero-order valence-corrected chi connectivity index (χ0v) is 9.51. The summed E-state index contributed by atoms with van der Waals surface area (Å²) in [6.45, 7) is 3.22. The molecule has 15 heavy (non-hydrogen) atoms. The fraction of sp³-hybridized carbons (Fsp3) is 0.273. The third kappa shape index (κ3) is 2.74. The normalized spacial score (nSPS) is 11.1. The van der Waals surface area contributed by atoms with E-state index in [1.165, 1.54) is 0 Å². The van der Waals surface area contributed by atoms with E-state index in [1.807, 2.05) is 0 Å². The fourth-order valence-corrected chi connectivity index (χ4v) is 1.69. The molecule has 1 rings (SSSR count). The largest absolute Gasteiger partial charge is 0.282 e. The van der Waals surface area contributed by atoms with Crippen LogP contribution in [-0.2, 0) is 10.0 Å². The first kappa shape index (κ1) is 11.6. The van der Waals surface area contributed by atoms with Crippen LogP contribution < -0.4 is 4.72 Å². The summed E-state index contributed by atoms with van der Waals surface area (Å²) in [5.74, 6) is 2.43. The average molecular weight is 223 g/mol. The molecule has 0 aliphatic heterocycles. The molecule has 0 bridgehead atoms. The predicted molar refractivity (Wildman–Crippen MR) is 62.1 cm³/mol. The van der Waals surface area contributed by atoms with Crippen LogP contribution in [0.2, 0.25) is 0 Å². The van der Waals surface area contributed by atoms with Crippen LogP contribution in [0, 0.1) is 12.3 Å². The van der Waals surface area contributed by atoms with E-state index >= 15 is 0 Å². The molecule has 0 radical (unpaired) electrons. The van der Waals surface area contributed by atoms with Crippen molar-refractivity contribution in [2.45, 2.75) is 19.1 Å². The molecule has 0 unspecified atom stereocenters. The summed E-state index contributed by atoms with van der Waals surface area (Å²) in [6, 6.07) is 6.84. The molecule has 0 saturated heterocycles. The van der Waals surface area contributed by atoms with Crippen molar-refractivity contribution in [2.75, 3.05) is 4.72 Å². The first-order chi connectivity index (χ1) is 6.97. The summed E-state index contributed by atoms with van der Waals surface area (Å²) in [5, 5.41) is -0.483. The van der Waals surface area contributed by atoms with Gasteiger partial charge in [0.2, 0.25) is 10.0 Å². The molecule has 0 heterocycles. The second-order valence-electron chi connectivity index (χ2n) is 3.39. The van der Waals surface area contributed by atoms with Gasteiger partial charge in [-0.1, -0.05) is 18.1 Å². The van der Waals surface area contributed by atoms with Crippen molar-refractivity contribution < 1.29 is 8.42 Å². The number of hydrogen-bond donors (Lipinski definition) is 1. The quantitative estimate of drug-likeness (QED) is 0.794. The standard InChI is InChI=1S/C11H13NO2S/c1-4-10-7-5-6-8-11(10)12-15(13,14)9(2)3/h1,5-9,12H,2-3H3. The fourth-order valence-electron chi connectivity index (χ4n) is 0.969. The summed E-state index contributed by atoms with van der Waals surface area (Å²) in [6.07, 6.45) is 5.26. The molecule has 4 heteroatoms. The number of para-hydroxylation sites is 1. The minimum Gasteiger partial charge on any atom is -0.282 e. The summed E-state index contributed by atoms with van der Waals surface area (Å²) in [7, 11) is -3.33. The zero-order valence-electron chi connectivity index (χ0n) is 8.69. The van der Waals surface area contributed by atoms with Gasteiger partial charge in [0.1, 0.15) is 0 Å². The maximum Gasteiger partial charge on any atom is 0.235 e. The van der Waals surface area contributed by atoms with Gasteiger partial charge in [-0.3, -0.25) is 4.72 Å². The van der Waals surface area contributed by atoms with Crippen LogP contribution in [0.5, 0.6) is 0 Å². The van der Waals surface area contributed by atoms with Crippen molar-refractivity contribution in [3.63, 3.8) is 0 Å². The number of benzene rings is 1. The number of anilines is 1. The van der Waals surface area contributed by atoms with Crippen LogP contribution in [-0.4, -0.2) is 13.7 Å². The van der Waals surface area contributed by atoms with E-state index in [1.54, 1.807) is 38.1 Å². The van der Waals surface area contributed by atoms with E-state index in [-0.39, 0.29) is 0 Å². The highest BCUT2D eigenvalue weighted by Gasteiger charge is 2.16. The van der Waals surface area contributed by atoms with Crippen molar-refractivity contribution in [1.82, 2.24) is 0 Å². The molecule has 0 aliphatic carbocycles. The molecule has 80 valence electrons. The van der Waals surface area contributed by atoms with E-state index < -0.39 is 15.3 Å². The Morgan fingerprint density at radius 2 is 1.93 bits per heavy atom. The third-order valence-electron chi connectivity index (χ3n) is 1.96. The Balaban J connectivity index is 3.06. The third-order valence-corrected chi connectivity index (χ3v) is 3.70. The van der Waals surface area contributed by atoms with Gasteiger partial charge in [-0.05, 0) is 26.0 Å². The maximum atomic E-state index is 11.6. The minimum absolute atomic E-state index is 0.453. The highest BCUT2D eigenvalue weighted by Crippen LogP contribution is 2.16. The smallest absolute Gasteiger partial charge is 0.235 e. The molecule has 0 aromatic heterocycles. The number of rotatable bonds is 3. The number of hydrogen-bond acceptors (Lipinski definition) is 2. The molecule has 0 atom stereocenters. The van der Waals surface area contributed by atoms with Gasteiger partial charge in [-0.25, -0.2) is 8.42 Å². The summed E-state index contributed by atoms with van der Waals surface area (Å²) < 4.78 is 25.6. The molecule has 1 aromatic carbocycles. The molecule has 0 saturated carbocycles.